The van der Waals surface area contributed by atoms with Gasteiger partial charge in [-0.05, 0) is 40.0 Å². The highest BCUT2D eigenvalue weighted by atomic mass is 79.9. The first-order valence-electron chi connectivity index (χ1n) is 6.38. The molecule has 0 aliphatic rings. The van der Waals surface area contributed by atoms with Gasteiger partial charge < -0.3 is 15.2 Å². The molecule has 0 aliphatic carbocycles. The van der Waals surface area contributed by atoms with Gasteiger partial charge in [-0.3, -0.25) is 4.79 Å². The monoisotopic (exact) mass is 346 g/mol. The van der Waals surface area contributed by atoms with Crippen LogP contribution < -0.4 is 10.4 Å². The van der Waals surface area contributed by atoms with Crippen LogP contribution in [0.15, 0.2) is 59.1 Å². The lowest BCUT2D eigenvalue weighted by molar-refractivity contribution is -0.308. The second-order valence-electron chi connectivity index (χ2n) is 4.51. The topological polar surface area (TPSA) is 69.2 Å². The molecule has 21 heavy (non-hydrogen) atoms. The third-order valence-corrected chi connectivity index (χ3v) is 3.68. The van der Waals surface area contributed by atoms with Crippen LogP contribution in [0.4, 0.5) is 0 Å². The Hall–Kier alpha value is -2.14. The minimum absolute atomic E-state index is 0.180. The number of aliphatic carboxylic acids is 1. The number of hydrogen-bond donors (Lipinski definition) is 1. The third kappa shape index (κ3) is 4.16. The fourth-order valence-corrected chi connectivity index (χ4v) is 2.39. The number of carbonyl (C=O) groups excluding carboxylic acids is 2. The summed E-state index contributed by atoms with van der Waals surface area (Å²) in [5.41, 5.74) is 1.20. The van der Waals surface area contributed by atoms with E-state index in [1.807, 2.05) is 18.2 Å². The quantitative estimate of drug-likeness (QED) is 0.892. The van der Waals surface area contributed by atoms with Crippen molar-refractivity contribution < 1.29 is 14.7 Å². The molecule has 1 unspecified atom stereocenters. The summed E-state index contributed by atoms with van der Waals surface area (Å²) in [5, 5.41) is 13.7. The molecule has 2 aromatic rings. The van der Waals surface area contributed by atoms with E-state index in [-0.39, 0.29) is 6.42 Å². The number of nitrogens with one attached hydrogen (secondary N) is 1. The van der Waals surface area contributed by atoms with Gasteiger partial charge in [-0.25, -0.2) is 0 Å². The molecule has 0 radical (unpaired) electrons. The molecule has 0 heterocycles. The van der Waals surface area contributed by atoms with E-state index in [0.29, 0.717) is 10.0 Å². The molecule has 0 aromatic heterocycles. The zero-order chi connectivity index (χ0) is 15.2. The van der Waals surface area contributed by atoms with Crippen molar-refractivity contribution in [3.63, 3.8) is 0 Å². The number of carboxylic acids is 1. The minimum atomic E-state index is -1.31. The van der Waals surface area contributed by atoms with Crippen LogP contribution in [-0.4, -0.2) is 17.9 Å². The molecular formula is C16H13BrNO3-. The van der Waals surface area contributed by atoms with Crippen molar-refractivity contribution in [1.29, 1.82) is 0 Å². The Morgan fingerprint density at radius 1 is 1.05 bits per heavy atom. The first-order valence-corrected chi connectivity index (χ1v) is 7.17. The average Bonchev–Trinajstić information content (AvgIpc) is 2.48. The molecule has 0 fully saturated rings. The summed E-state index contributed by atoms with van der Waals surface area (Å²) in [4.78, 5) is 23.4. The van der Waals surface area contributed by atoms with Crippen LogP contribution in [-0.2, 0) is 11.2 Å². The molecule has 0 saturated heterocycles. The van der Waals surface area contributed by atoms with Crippen LogP contribution in [0.1, 0.15) is 15.9 Å². The maximum atomic E-state index is 12.1. The number of carboxylic acid groups (broad SMARTS) is 1. The summed E-state index contributed by atoms with van der Waals surface area (Å²) in [6.07, 6.45) is 0.180. The number of hydrogen-bond acceptors (Lipinski definition) is 3. The molecule has 0 spiro atoms. The zero-order valence-corrected chi connectivity index (χ0v) is 12.7. The molecule has 4 nitrogen and oxygen atoms in total. The lowest BCUT2D eigenvalue weighted by Gasteiger charge is -2.20. The summed E-state index contributed by atoms with van der Waals surface area (Å²) in [5.74, 6) is -1.76. The Kier molecular flexibility index (Phi) is 5.11. The summed E-state index contributed by atoms with van der Waals surface area (Å²) in [6.45, 7) is 0. The molecule has 1 amide bonds. The van der Waals surface area contributed by atoms with Crippen molar-refractivity contribution in [2.24, 2.45) is 0 Å². The Balaban J connectivity index is 2.12. The maximum absolute atomic E-state index is 12.1. The van der Waals surface area contributed by atoms with E-state index >= 15 is 0 Å². The summed E-state index contributed by atoms with van der Waals surface area (Å²) < 4.78 is 0.610. The van der Waals surface area contributed by atoms with Crippen molar-refractivity contribution in [1.82, 2.24) is 5.32 Å². The predicted octanol–water partition coefficient (Wildman–Crippen LogP) is 1.54. The number of carbonyl (C=O) groups is 2. The van der Waals surface area contributed by atoms with Crippen LogP contribution in [0, 0.1) is 0 Å². The first kappa shape index (κ1) is 15.3. The molecular weight excluding hydrogens is 334 g/mol. The SMILES string of the molecule is O=C(NC(Cc1ccccc1)C(=O)[O-])c1ccccc1Br. The minimum Gasteiger partial charge on any atom is -0.548 e. The predicted molar refractivity (Wildman–Crippen MR) is 80.5 cm³/mol. The molecule has 0 saturated carbocycles. The van der Waals surface area contributed by atoms with Gasteiger partial charge in [0.05, 0.1) is 17.6 Å². The van der Waals surface area contributed by atoms with Crippen molar-refractivity contribution in [2.75, 3.05) is 0 Å². The molecule has 1 N–H and O–H groups in total. The van der Waals surface area contributed by atoms with E-state index in [2.05, 4.69) is 21.2 Å². The van der Waals surface area contributed by atoms with Gasteiger partial charge in [0.2, 0.25) is 0 Å². The molecule has 0 aliphatic heterocycles. The summed E-state index contributed by atoms with van der Waals surface area (Å²) in [7, 11) is 0. The highest BCUT2D eigenvalue weighted by molar-refractivity contribution is 9.10. The molecule has 0 bridgehead atoms. The van der Waals surface area contributed by atoms with E-state index < -0.39 is 17.9 Å². The molecule has 5 heteroatoms. The van der Waals surface area contributed by atoms with Gasteiger partial charge >= 0.3 is 0 Å². The Morgan fingerprint density at radius 2 is 1.67 bits per heavy atom. The Morgan fingerprint density at radius 3 is 2.29 bits per heavy atom. The number of benzene rings is 2. The van der Waals surface area contributed by atoms with Crippen LogP contribution in [0.2, 0.25) is 0 Å². The van der Waals surface area contributed by atoms with E-state index in [9.17, 15) is 14.7 Å². The first-order chi connectivity index (χ1) is 10.1. The zero-order valence-electron chi connectivity index (χ0n) is 11.1. The summed E-state index contributed by atoms with van der Waals surface area (Å²) in [6, 6.07) is 14.8. The largest absolute Gasteiger partial charge is 0.548 e. The van der Waals surface area contributed by atoms with Crippen LogP contribution in [0.25, 0.3) is 0 Å². The van der Waals surface area contributed by atoms with Gasteiger partial charge in [0.15, 0.2) is 0 Å². The van der Waals surface area contributed by atoms with E-state index in [0.717, 1.165) is 5.56 Å². The average molecular weight is 347 g/mol. The highest BCUT2D eigenvalue weighted by Crippen LogP contribution is 2.16. The van der Waals surface area contributed by atoms with Gasteiger partial charge in [-0.15, -0.1) is 0 Å². The Labute approximate surface area is 130 Å². The van der Waals surface area contributed by atoms with Crippen molar-refractivity contribution in [2.45, 2.75) is 12.5 Å². The Bertz CT molecular complexity index is 643. The fraction of sp³-hybridized carbons (Fsp3) is 0.125. The van der Waals surface area contributed by atoms with Gasteiger partial charge in [-0.1, -0.05) is 42.5 Å². The van der Waals surface area contributed by atoms with Crippen molar-refractivity contribution in [3.8, 4) is 0 Å². The standard InChI is InChI=1S/C16H14BrNO3/c17-13-9-5-4-8-12(13)15(19)18-14(16(20)21)10-11-6-2-1-3-7-11/h1-9,14H,10H2,(H,18,19)(H,20,21)/p-1. The normalized spacial score (nSPS) is 11.7. The van der Waals surface area contributed by atoms with Crippen LogP contribution in [0.5, 0.6) is 0 Å². The second kappa shape index (κ2) is 7.04. The lowest BCUT2D eigenvalue weighted by Crippen LogP contribution is -2.49. The molecule has 1 atom stereocenters. The smallest absolute Gasteiger partial charge is 0.252 e. The van der Waals surface area contributed by atoms with E-state index in [1.165, 1.54) is 0 Å². The fourth-order valence-electron chi connectivity index (χ4n) is 1.92. The maximum Gasteiger partial charge on any atom is 0.252 e. The third-order valence-electron chi connectivity index (χ3n) is 2.99. The van der Waals surface area contributed by atoms with E-state index in [4.69, 9.17) is 0 Å². The lowest BCUT2D eigenvalue weighted by atomic mass is 10.1. The molecule has 2 aromatic carbocycles. The van der Waals surface area contributed by atoms with Gasteiger partial charge in [-0.2, -0.15) is 0 Å². The second-order valence-corrected chi connectivity index (χ2v) is 5.37. The number of rotatable bonds is 5. The van der Waals surface area contributed by atoms with Crippen LogP contribution in [0.3, 0.4) is 0 Å². The molecule has 108 valence electrons. The van der Waals surface area contributed by atoms with Gasteiger partial charge in [0.1, 0.15) is 0 Å². The van der Waals surface area contributed by atoms with Gasteiger partial charge in [0, 0.05) is 4.47 Å². The van der Waals surface area contributed by atoms with Crippen LogP contribution >= 0.6 is 15.9 Å². The highest BCUT2D eigenvalue weighted by Gasteiger charge is 2.16. The van der Waals surface area contributed by atoms with Crippen molar-refractivity contribution in [3.05, 3.63) is 70.2 Å². The number of amides is 1. The van der Waals surface area contributed by atoms with Gasteiger partial charge in [0.25, 0.3) is 5.91 Å². The molecule has 2 rings (SSSR count). The van der Waals surface area contributed by atoms with E-state index in [1.54, 1.807) is 36.4 Å². The van der Waals surface area contributed by atoms with Crippen molar-refractivity contribution >= 4 is 27.8 Å². The number of halogens is 1. The summed E-state index contributed by atoms with van der Waals surface area (Å²) >= 11 is 3.27.